The van der Waals surface area contributed by atoms with Gasteiger partial charge in [-0.3, -0.25) is 14.4 Å². The van der Waals surface area contributed by atoms with Crippen molar-refractivity contribution in [3.63, 3.8) is 0 Å². The van der Waals surface area contributed by atoms with E-state index in [9.17, 15) is 18.8 Å². The van der Waals surface area contributed by atoms with E-state index in [0.717, 1.165) is 0 Å². The lowest BCUT2D eigenvalue weighted by Gasteiger charge is -2.38. The minimum atomic E-state index is -1.41. The Hall–Kier alpha value is -1.70. The van der Waals surface area contributed by atoms with Gasteiger partial charge in [-0.25, -0.2) is 4.39 Å². The van der Waals surface area contributed by atoms with Crippen LogP contribution in [0.4, 0.5) is 4.39 Å². The van der Waals surface area contributed by atoms with E-state index in [4.69, 9.17) is 18.9 Å². The minimum Gasteiger partial charge on any atom is -0.462 e. The van der Waals surface area contributed by atoms with Crippen molar-refractivity contribution in [1.82, 2.24) is 0 Å². The van der Waals surface area contributed by atoms with Gasteiger partial charge < -0.3 is 18.9 Å². The molecule has 0 spiro atoms. The van der Waals surface area contributed by atoms with Gasteiger partial charge in [0.2, 0.25) is 0 Å². The molecular formula is C15H23FO7. The Kier molecular flexibility index (Phi) is 7.41. The fraction of sp³-hybridized carbons (Fsp3) is 0.800. The first-order valence-electron chi connectivity index (χ1n) is 7.44. The van der Waals surface area contributed by atoms with Crippen LogP contribution < -0.4 is 0 Å². The van der Waals surface area contributed by atoms with E-state index in [2.05, 4.69) is 0 Å². The Labute approximate surface area is 134 Å². The number of alkyl halides is 1. The van der Waals surface area contributed by atoms with Crippen LogP contribution in [0, 0.1) is 5.92 Å². The van der Waals surface area contributed by atoms with Crippen molar-refractivity contribution >= 4 is 17.9 Å². The lowest BCUT2D eigenvalue weighted by atomic mass is 9.89. The van der Waals surface area contributed by atoms with Gasteiger partial charge in [0.1, 0.15) is 18.8 Å². The second kappa shape index (κ2) is 8.81. The molecule has 1 aliphatic rings. The molecule has 0 aromatic rings. The van der Waals surface area contributed by atoms with E-state index in [-0.39, 0.29) is 19.6 Å². The van der Waals surface area contributed by atoms with E-state index in [0.29, 0.717) is 0 Å². The molecule has 0 aromatic heterocycles. The second-order valence-corrected chi connectivity index (χ2v) is 5.59. The van der Waals surface area contributed by atoms with Crippen LogP contribution in [-0.4, -0.2) is 55.6 Å². The topological polar surface area (TPSA) is 88.1 Å². The number of carbonyl (C=O) groups excluding carboxylic acids is 3. The lowest BCUT2D eigenvalue weighted by molar-refractivity contribution is -0.182. The number of hydrogen-bond acceptors (Lipinski definition) is 7. The Balaban J connectivity index is 2.71. The molecule has 0 aliphatic carbocycles. The van der Waals surface area contributed by atoms with Gasteiger partial charge in [0.05, 0.1) is 12.7 Å². The minimum absolute atomic E-state index is 0.112. The summed E-state index contributed by atoms with van der Waals surface area (Å²) in [6.45, 7) is 5.07. The van der Waals surface area contributed by atoms with Crippen molar-refractivity contribution in [2.75, 3.05) is 13.2 Å². The van der Waals surface area contributed by atoms with Crippen molar-refractivity contribution in [2.45, 2.75) is 58.6 Å². The molecule has 0 saturated carbocycles. The molecule has 0 N–H and O–H groups in total. The zero-order chi connectivity index (χ0) is 17.6. The average Bonchev–Trinajstić information content (AvgIpc) is 2.43. The van der Waals surface area contributed by atoms with Gasteiger partial charge in [0.25, 0.3) is 0 Å². The molecule has 7 nitrogen and oxygen atoms in total. The monoisotopic (exact) mass is 334 g/mol. The summed E-state index contributed by atoms with van der Waals surface area (Å²) in [5, 5.41) is 0. The molecule has 3 unspecified atom stereocenters. The van der Waals surface area contributed by atoms with Gasteiger partial charge in [-0.1, -0.05) is 6.92 Å². The highest BCUT2D eigenvalue weighted by Crippen LogP contribution is 2.29. The Morgan fingerprint density at radius 1 is 1.17 bits per heavy atom. The van der Waals surface area contributed by atoms with Crippen LogP contribution in [0.25, 0.3) is 0 Å². The SMILES string of the molecule is CC(=O)OC[C@H](CC1OCC(F)C(OC(C)=O)[C@H]1C)OC(C)=O. The molecule has 1 saturated heterocycles. The number of carbonyl (C=O) groups is 3. The highest BCUT2D eigenvalue weighted by atomic mass is 19.1. The van der Waals surface area contributed by atoms with Crippen molar-refractivity contribution in [3.05, 3.63) is 0 Å². The van der Waals surface area contributed by atoms with Crippen LogP contribution in [0.3, 0.4) is 0 Å². The molecule has 8 heteroatoms. The number of esters is 3. The third-order valence-electron chi connectivity index (χ3n) is 3.53. The maximum absolute atomic E-state index is 13.9. The first kappa shape index (κ1) is 19.3. The van der Waals surface area contributed by atoms with Crippen LogP contribution in [-0.2, 0) is 33.3 Å². The number of rotatable bonds is 6. The van der Waals surface area contributed by atoms with E-state index in [1.807, 2.05) is 0 Å². The molecule has 132 valence electrons. The predicted molar refractivity (Wildman–Crippen MR) is 76.2 cm³/mol. The molecule has 0 radical (unpaired) electrons. The first-order valence-corrected chi connectivity index (χ1v) is 7.44. The van der Waals surface area contributed by atoms with Gasteiger partial charge in [0, 0.05) is 33.1 Å². The Bertz CT molecular complexity index is 440. The van der Waals surface area contributed by atoms with E-state index >= 15 is 0 Å². The van der Waals surface area contributed by atoms with Crippen LogP contribution in [0.1, 0.15) is 34.1 Å². The molecule has 1 heterocycles. The van der Waals surface area contributed by atoms with Crippen LogP contribution in [0.5, 0.6) is 0 Å². The summed E-state index contributed by atoms with van der Waals surface area (Å²) in [7, 11) is 0. The lowest BCUT2D eigenvalue weighted by Crippen LogP contribution is -2.49. The van der Waals surface area contributed by atoms with Gasteiger partial charge in [-0.2, -0.15) is 0 Å². The van der Waals surface area contributed by atoms with E-state index in [1.165, 1.54) is 20.8 Å². The van der Waals surface area contributed by atoms with Gasteiger partial charge in [-0.05, 0) is 0 Å². The number of halogens is 1. The third kappa shape index (κ3) is 6.52. The Morgan fingerprint density at radius 3 is 2.35 bits per heavy atom. The fourth-order valence-electron chi connectivity index (χ4n) is 2.51. The quantitative estimate of drug-likeness (QED) is 0.532. The summed E-state index contributed by atoms with van der Waals surface area (Å²) in [5.74, 6) is -2.02. The highest BCUT2D eigenvalue weighted by Gasteiger charge is 2.41. The molecule has 5 atom stereocenters. The van der Waals surface area contributed by atoms with Gasteiger partial charge in [-0.15, -0.1) is 0 Å². The highest BCUT2D eigenvalue weighted by molar-refractivity contribution is 5.67. The molecule has 1 aliphatic heterocycles. The smallest absolute Gasteiger partial charge is 0.303 e. The third-order valence-corrected chi connectivity index (χ3v) is 3.53. The van der Waals surface area contributed by atoms with E-state index < -0.39 is 48.3 Å². The summed E-state index contributed by atoms with van der Waals surface area (Å²) in [6, 6.07) is 0. The average molecular weight is 334 g/mol. The van der Waals surface area contributed by atoms with E-state index in [1.54, 1.807) is 6.92 Å². The first-order chi connectivity index (χ1) is 10.7. The molecule has 0 bridgehead atoms. The summed E-state index contributed by atoms with van der Waals surface area (Å²) in [5.41, 5.74) is 0. The zero-order valence-corrected chi connectivity index (χ0v) is 13.7. The second-order valence-electron chi connectivity index (χ2n) is 5.59. The van der Waals surface area contributed by atoms with Crippen molar-refractivity contribution in [1.29, 1.82) is 0 Å². The number of hydrogen-bond donors (Lipinski definition) is 0. The fourth-order valence-corrected chi connectivity index (χ4v) is 2.51. The number of ether oxygens (including phenoxy) is 4. The molecule has 0 amide bonds. The molecule has 0 aromatic carbocycles. The van der Waals surface area contributed by atoms with Crippen molar-refractivity contribution in [3.8, 4) is 0 Å². The standard InChI is InChI=1S/C15H23FO7/c1-8-14(21-7-13(16)15(8)23-11(4)19)5-12(22-10(3)18)6-20-9(2)17/h8,12-15H,5-7H2,1-4H3/t8-,12-,13?,14?,15?/m0/s1. The maximum atomic E-state index is 13.9. The largest absolute Gasteiger partial charge is 0.462 e. The molecule has 1 rings (SSSR count). The molecular weight excluding hydrogens is 311 g/mol. The molecule has 23 heavy (non-hydrogen) atoms. The zero-order valence-electron chi connectivity index (χ0n) is 13.7. The summed E-state index contributed by atoms with van der Waals surface area (Å²) in [6.07, 6.45) is -3.33. The van der Waals surface area contributed by atoms with Crippen LogP contribution in [0.15, 0.2) is 0 Å². The van der Waals surface area contributed by atoms with Gasteiger partial charge in [0.15, 0.2) is 6.17 Å². The summed E-state index contributed by atoms with van der Waals surface area (Å²) in [4.78, 5) is 33.2. The van der Waals surface area contributed by atoms with Crippen molar-refractivity contribution in [2.24, 2.45) is 5.92 Å². The summed E-state index contributed by atoms with van der Waals surface area (Å²) >= 11 is 0. The summed E-state index contributed by atoms with van der Waals surface area (Å²) < 4.78 is 34.3. The van der Waals surface area contributed by atoms with Crippen LogP contribution >= 0.6 is 0 Å². The maximum Gasteiger partial charge on any atom is 0.303 e. The van der Waals surface area contributed by atoms with Gasteiger partial charge >= 0.3 is 17.9 Å². The normalized spacial score (nSPS) is 28.6. The van der Waals surface area contributed by atoms with Crippen molar-refractivity contribution < 1.29 is 37.7 Å². The Morgan fingerprint density at radius 2 is 1.83 bits per heavy atom. The predicted octanol–water partition coefficient (Wildman–Crippen LogP) is 1.18. The molecule has 1 fully saturated rings. The van der Waals surface area contributed by atoms with Crippen LogP contribution in [0.2, 0.25) is 0 Å².